The standard InChI is InChI=1S/C13H8F2N4O2/c14-6-1-2-7(16)10(15)9(6)12-18-11-8(13(21)19-12)5(4-20)3-17-11/h1-4H,16H2,(H2,17,18,19,21). The van der Waals surface area contributed by atoms with Crippen LogP contribution in [0.3, 0.4) is 0 Å². The molecule has 0 radical (unpaired) electrons. The van der Waals surface area contributed by atoms with Gasteiger partial charge in [-0.3, -0.25) is 9.59 Å². The van der Waals surface area contributed by atoms with Crippen molar-refractivity contribution in [1.29, 1.82) is 0 Å². The highest BCUT2D eigenvalue weighted by molar-refractivity contribution is 5.95. The van der Waals surface area contributed by atoms with E-state index in [-0.39, 0.29) is 28.1 Å². The van der Waals surface area contributed by atoms with Crippen molar-refractivity contribution in [3.05, 3.63) is 45.9 Å². The summed E-state index contributed by atoms with van der Waals surface area (Å²) in [5, 5.41) is 0.0264. The molecule has 0 spiro atoms. The van der Waals surface area contributed by atoms with E-state index in [9.17, 15) is 18.4 Å². The molecular formula is C13H8F2N4O2. The first-order chi connectivity index (χ1) is 10.0. The monoisotopic (exact) mass is 290 g/mol. The molecule has 21 heavy (non-hydrogen) atoms. The number of aromatic amines is 2. The average molecular weight is 290 g/mol. The normalized spacial score (nSPS) is 11.0. The molecule has 1 aromatic carbocycles. The maximum atomic E-state index is 14.0. The molecule has 0 aliphatic heterocycles. The van der Waals surface area contributed by atoms with Gasteiger partial charge in [-0.2, -0.15) is 0 Å². The predicted molar refractivity (Wildman–Crippen MR) is 71.9 cm³/mol. The number of nitrogen functional groups attached to an aromatic ring is 1. The van der Waals surface area contributed by atoms with E-state index in [1.54, 1.807) is 0 Å². The number of rotatable bonds is 2. The Morgan fingerprint density at radius 2 is 2.05 bits per heavy atom. The lowest BCUT2D eigenvalue weighted by atomic mass is 10.1. The molecule has 8 heteroatoms. The van der Waals surface area contributed by atoms with Crippen molar-refractivity contribution in [1.82, 2.24) is 15.0 Å². The van der Waals surface area contributed by atoms with Crippen LogP contribution in [0.4, 0.5) is 14.5 Å². The number of carbonyl (C=O) groups is 1. The maximum Gasteiger partial charge on any atom is 0.261 e. The molecule has 2 aromatic heterocycles. The Labute approximate surface area is 115 Å². The Bertz CT molecular complexity index is 930. The zero-order chi connectivity index (χ0) is 15.1. The topological polar surface area (TPSA) is 105 Å². The molecule has 0 fully saturated rings. The summed E-state index contributed by atoms with van der Waals surface area (Å²) < 4.78 is 27.8. The van der Waals surface area contributed by atoms with Crippen LogP contribution in [0.2, 0.25) is 0 Å². The summed E-state index contributed by atoms with van der Waals surface area (Å²) >= 11 is 0. The van der Waals surface area contributed by atoms with E-state index in [0.29, 0.717) is 6.29 Å². The molecule has 4 N–H and O–H groups in total. The Kier molecular flexibility index (Phi) is 2.79. The predicted octanol–water partition coefficient (Wildman–Crippen LogP) is 1.59. The lowest BCUT2D eigenvalue weighted by molar-refractivity contribution is 0.112. The third-order valence-corrected chi connectivity index (χ3v) is 3.06. The lowest BCUT2D eigenvalue weighted by Crippen LogP contribution is -2.11. The molecule has 106 valence electrons. The number of nitrogens with two attached hydrogens (primary N) is 1. The zero-order valence-corrected chi connectivity index (χ0v) is 10.4. The molecule has 0 saturated carbocycles. The first-order valence-electron chi connectivity index (χ1n) is 5.83. The number of aromatic nitrogens is 3. The Morgan fingerprint density at radius 1 is 1.29 bits per heavy atom. The smallest absolute Gasteiger partial charge is 0.261 e. The largest absolute Gasteiger partial charge is 0.396 e. The average Bonchev–Trinajstić information content (AvgIpc) is 2.87. The molecule has 0 atom stereocenters. The quantitative estimate of drug-likeness (QED) is 0.492. The van der Waals surface area contributed by atoms with Crippen molar-refractivity contribution in [3.8, 4) is 11.4 Å². The number of H-pyrrole nitrogens is 2. The molecule has 6 nitrogen and oxygen atoms in total. The van der Waals surface area contributed by atoms with Gasteiger partial charge >= 0.3 is 0 Å². The molecule has 2 heterocycles. The van der Waals surface area contributed by atoms with Gasteiger partial charge in [-0.25, -0.2) is 13.8 Å². The first kappa shape index (κ1) is 13.0. The van der Waals surface area contributed by atoms with E-state index < -0.39 is 22.8 Å². The number of nitrogens with zero attached hydrogens (tertiary/aromatic N) is 1. The second kappa shape index (κ2) is 4.51. The van der Waals surface area contributed by atoms with Crippen LogP contribution in [0.1, 0.15) is 10.4 Å². The van der Waals surface area contributed by atoms with Gasteiger partial charge in [0.2, 0.25) is 0 Å². The number of hydrogen-bond donors (Lipinski definition) is 3. The van der Waals surface area contributed by atoms with E-state index in [1.807, 2.05) is 0 Å². The number of hydrogen-bond acceptors (Lipinski definition) is 4. The minimum Gasteiger partial charge on any atom is -0.396 e. The van der Waals surface area contributed by atoms with Gasteiger partial charge in [0.25, 0.3) is 5.56 Å². The van der Waals surface area contributed by atoms with Crippen molar-refractivity contribution in [2.75, 3.05) is 5.73 Å². The summed E-state index contributed by atoms with van der Waals surface area (Å²) in [6, 6.07) is 2.05. The van der Waals surface area contributed by atoms with Crippen LogP contribution in [0, 0.1) is 11.6 Å². The summed E-state index contributed by atoms with van der Waals surface area (Å²) in [5.41, 5.74) is 4.07. The van der Waals surface area contributed by atoms with Crippen LogP contribution >= 0.6 is 0 Å². The van der Waals surface area contributed by atoms with Crippen LogP contribution in [-0.2, 0) is 0 Å². The molecule has 0 aliphatic rings. The molecule has 0 amide bonds. The maximum absolute atomic E-state index is 14.0. The second-order valence-corrected chi connectivity index (χ2v) is 4.33. The van der Waals surface area contributed by atoms with Crippen LogP contribution in [0.25, 0.3) is 22.4 Å². The summed E-state index contributed by atoms with van der Waals surface area (Å²) in [4.78, 5) is 31.6. The highest BCUT2D eigenvalue weighted by Crippen LogP contribution is 2.27. The van der Waals surface area contributed by atoms with Crippen LogP contribution < -0.4 is 11.3 Å². The van der Waals surface area contributed by atoms with E-state index in [4.69, 9.17) is 5.73 Å². The van der Waals surface area contributed by atoms with Gasteiger partial charge in [0, 0.05) is 11.8 Å². The van der Waals surface area contributed by atoms with E-state index in [1.165, 1.54) is 6.20 Å². The van der Waals surface area contributed by atoms with Crippen molar-refractivity contribution in [2.45, 2.75) is 0 Å². The van der Waals surface area contributed by atoms with Crippen molar-refractivity contribution in [3.63, 3.8) is 0 Å². The van der Waals surface area contributed by atoms with Gasteiger partial charge in [-0.15, -0.1) is 0 Å². The minimum atomic E-state index is -1.01. The van der Waals surface area contributed by atoms with Gasteiger partial charge in [0.15, 0.2) is 12.1 Å². The molecule has 0 aliphatic carbocycles. The van der Waals surface area contributed by atoms with E-state index in [0.717, 1.165) is 12.1 Å². The van der Waals surface area contributed by atoms with Gasteiger partial charge < -0.3 is 15.7 Å². The zero-order valence-electron chi connectivity index (χ0n) is 10.4. The molecule has 3 aromatic rings. The van der Waals surface area contributed by atoms with Crippen molar-refractivity contribution < 1.29 is 13.6 Å². The van der Waals surface area contributed by atoms with Gasteiger partial charge in [-0.05, 0) is 12.1 Å². The number of anilines is 1. The molecule has 0 saturated heterocycles. The fourth-order valence-corrected chi connectivity index (χ4v) is 2.06. The Hall–Kier alpha value is -3.03. The SMILES string of the molecule is Nc1ccc(F)c(-c2nc3[nH]cc(C=O)c3c(=O)[nH]2)c1F. The minimum absolute atomic E-state index is 0.0264. The van der Waals surface area contributed by atoms with Crippen molar-refractivity contribution in [2.24, 2.45) is 0 Å². The van der Waals surface area contributed by atoms with Crippen LogP contribution in [0.15, 0.2) is 23.1 Å². The number of aldehydes is 1. The highest BCUT2D eigenvalue weighted by Gasteiger charge is 2.18. The van der Waals surface area contributed by atoms with E-state index in [2.05, 4.69) is 15.0 Å². The molecule has 3 rings (SSSR count). The van der Waals surface area contributed by atoms with Crippen LogP contribution in [-0.4, -0.2) is 21.2 Å². The van der Waals surface area contributed by atoms with Gasteiger partial charge in [0.1, 0.15) is 17.3 Å². The summed E-state index contributed by atoms with van der Waals surface area (Å²) in [6.45, 7) is 0. The second-order valence-electron chi connectivity index (χ2n) is 4.33. The first-order valence-corrected chi connectivity index (χ1v) is 5.83. The summed E-state index contributed by atoms with van der Waals surface area (Å²) in [7, 11) is 0. The fraction of sp³-hybridized carbons (Fsp3) is 0. The molecule has 0 bridgehead atoms. The molecule has 0 unspecified atom stereocenters. The van der Waals surface area contributed by atoms with Crippen molar-refractivity contribution >= 4 is 23.0 Å². The van der Waals surface area contributed by atoms with E-state index >= 15 is 0 Å². The Morgan fingerprint density at radius 3 is 2.76 bits per heavy atom. The lowest BCUT2D eigenvalue weighted by Gasteiger charge is -2.06. The summed E-state index contributed by atoms with van der Waals surface area (Å²) in [6.07, 6.45) is 1.77. The number of fused-ring (bicyclic) bond motifs is 1. The number of carbonyl (C=O) groups excluding carboxylic acids is 1. The molecular weight excluding hydrogens is 282 g/mol. The number of nitrogens with one attached hydrogen (secondary N) is 2. The third-order valence-electron chi connectivity index (χ3n) is 3.06. The Balaban J connectivity index is 2.35. The number of halogens is 2. The van der Waals surface area contributed by atoms with Gasteiger partial charge in [0.05, 0.1) is 16.6 Å². The fourth-order valence-electron chi connectivity index (χ4n) is 2.06. The third kappa shape index (κ3) is 1.88. The highest BCUT2D eigenvalue weighted by atomic mass is 19.1. The van der Waals surface area contributed by atoms with Gasteiger partial charge in [-0.1, -0.05) is 0 Å². The van der Waals surface area contributed by atoms with Crippen LogP contribution in [0.5, 0.6) is 0 Å². The number of benzene rings is 1. The summed E-state index contributed by atoms with van der Waals surface area (Å²) in [5.74, 6) is -2.24.